The van der Waals surface area contributed by atoms with Crippen molar-refractivity contribution >= 4 is 39.2 Å². The number of halogens is 1. The second-order valence-corrected chi connectivity index (χ2v) is 11.0. The molecule has 0 fully saturated rings. The lowest BCUT2D eigenvalue weighted by atomic mass is 10.2. The van der Waals surface area contributed by atoms with Crippen LogP contribution in [0.15, 0.2) is 70.2 Å². The molecule has 0 bridgehead atoms. The highest BCUT2D eigenvalue weighted by Crippen LogP contribution is 2.35. The molecule has 1 amide bonds. The number of hydrogen-bond acceptors (Lipinski definition) is 7. The fraction of sp³-hybridized carbons (Fsp3) is 0.192. The molecule has 204 valence electrons. The van der Waals surface area contributed by atoms with Crippen molar-refractivity contribution < 1.29 is 32.3 Å². The Morgan fingerprint density at radius 2 is 1.87 bits per heavy atom. The van der Waals surface area contributed by atoms with E-state index in [1.54, 1.807) is 50.2 Å². The Morgan fingerprint density at radius 3 is 2.49 bits per heavy atom. The van der Waals surface area contributed by atoms with E-state index in [1.165, 1.54) is 36.1 Å². The van der Waals surface area contributed by atoms with Gasteiger partial charge in [-0.2, -0.15) is 9.78 Å². The molecule has 0 aliphatic rings. The molecule has 39 heavy (non-hydrogen) atoms. The molecule has 0 radical (unpaired) electrons. The van der Waals surface area contributed by atoms with E-state index >= 15 is 0 Å². The molecule has 0 spiro atoms. The number of carbonyl (C=O) groups is 2. The van der Waals surface area contributed by atoms with Crippen LogP contribution in [0.25, 0.3) is 5.69 Å². The number of hydrogen-bond donors (Lipinski definition) is 3. The van der Waals surface area contributed by atoms with Crippen molar-refractivity contribution in [3.8, 4) is 17.3 Å². The topological polar surface area (TPSA) is 153 Å². The third-order valence-electron chi connectivity index (χ3n) is 5.59. The quantitative estimate of drug-likeness (QED) is 0.240. The van der Waals surface area contributed by atoms with Gasteiger partial charge in [-0.25, -0.2) is 17.9 Å². The van der Waals surface area contributed by atoms with Gasteiger partial charge in [0, 0.05) is 22.2 Å². The summed E-state index contributed by atoms with van der Waals surface area (Å²) in [5, 5.41) is 17.0. The predicted octanol–water partition coefficient (Wildman–Crippen LogP) is 4.99. The smallest absolute Gasteiger partial charge is 0.356 e. The average Bonchev–Trinajstić information content (AvgIpc) is 3.52. The van der Waals surface area contributed by atoms with Gasteiger partial charge in [-0.05, 0) is 61.5 Å². The van der Waals surface area contributed by atoms with E-state index in [2.05, 4.69) is 15.1 Å². The summed E-state index contributed by atoms with van der Waals surface area (Å²) in [7, 11) is -4.22. The minimum Gasteiger partial charge on any atom is -0.476 e. The maximum Gasteiger partial charge on any atom is 0.356 e. The Labute approximate surface area is 229 Å². The second-order valence-electron chi connectivity index (χ2n) is 8.78. The van der Waals surface area contributed by atoms with Gasteiger partial charge in [0.1, 0.15) is 16.4 Å². The highest BCUT2D eigenvalue weighted by molar-refractivity contribution is 7.89. The monoisotopic (exact) mass is 572 g/mol. The van der Waals surface area contributed by atoms with Crippen LogP contribution in [0.4, 0.5) is 5.69 Å². The third-order valence-corrected chi connectivity index (χ3v) is 7.26. The number of nitrogens with zero attached hydrogens (tertiary/aromatic N) is 2. The first kappa shape index (κ1) is 27.9. The lowest BCUT2D eigenvalue weighted by Gasteiger charge is -2.16. The van der Waals surface area contributed by atoms with Gasteiger partial charge in [0.05, 0.1) is 18.5 Å². The predicted molar refractivity (Wildman–Crippen MR) is 143 cm³/mol. The van der Waals surface area contributed by atoms with Crippen LogP contribution in [-0.4, -0.2) is 35.2 Å². The molecule has 13 heteroatoms. The molecule has 2 aromatic heterocycles. The van der Waals surface area contributed by atoms with Crippen LogP contribution in [0.1, 0.15) is 35.7 Å². The van der Waals surface area contributed by atoms with E-state index in [1.807, 2.05) is 0 Å². The number of carboxylic acid groups (broad SMARTS) is 1. The fourth-order valence-electron chi connectivity index (χ4n) is 3.49. The number of nitrogens with one attached hydrogen (secondary N) is 2. The molecule has 0 aliphatic carbocycles. The number of amides is 1. The Bertz CT molecular complexity index is 1610. The van der Waals surface area contributed by atoms with E-state index in [-0.39, 0.29) is 51.8 Å². The van der Waals surface area contributed by atoms with Crippen molar-refractivity contribution in [2.75, 3.05) is 5.32 Å². The first-order valence-electron chi connectivity index (χ1n) is 11.7. The molecular weight excluding hydrogens is 548 g/mol. The largest absolute Gasteiger partial charge is 0.476 e. The zero-order valence-electron chi connectivity index (χ0n) is 21.1. The van der Waals surface area contributed by atoms with Gasteiger partial charge in [-0.3, -0.25) is 4.79 Å². The highest BCUT2D eigenvalue weighted by Gasteiger charge is 2.27. The lowest BCUT2D eigenvalue weighted by Crippen LogP contribution is -2.24. The van der Waals surface area contributed by atoms with E-state index in [0.717, 1.165) is 0 Å². The number of carboxylic acids is 1. The number of benzene rings is 2. The average molecular weight is 573 g/mol. The zero-order chi connectivity index (χ0) is 28.3. The van der Waals surface area contributed by atoms with Gasteiger partial charge in [0.2, 0.25) is 21.8 Å². The Hall–Kier alpha value is -4.13. The van der Waals surface area contributed by atoms with Crippen LogP contribution < -0.4 is 14.8 Å². The molecule has 3 N–H and O–H groups in total. The summed E-state index contributed by atoms with van der Waals surface area (Å²) in [6.07, 6.45) is 1.42. The molecule has 0 unspecified atom stereocenters. The second kappa shape index (κ2) is 11.3. The molecule has 2 heterocycles. The Kier molecular flexibility index (Phi) is 8.09. The molecule has 4 rings (SSSR count). The minimum atomic E-state index is -4.22. The van der Waals surface area contributed by atoms with Crippen LogP contribution in [0.3, 0.4) is 0 Å². The van der Waals surface area contributed by atoms with Crippen LogP contribution in [0.5, 0.6) is 11.6 Å². The Balaban J connectivity index is 1.80. The number of sulfonamides is 1. The van der Waals surface area contributed by atoms with Crippen molar-refractivity contribution in [1.82, 2.24) is 14.5 Å². The summed E-state index contributed by atoms with van der Waals surface area (Å²) >= 11 is 6.00. The number of rotatable bonds is 10. The molecule has 2 aromatic carbocycles. The summed E-state index contributed by atoms with van der Waals surface area (Å²) in [5.41, 5.74) is 0.558. The maximum absolute atomic E-state index is 13.4. The number of carbonyl (C=O) groups excluding carboxylic acids is 1. The molecule has 4 aromatic rings. The van der Waals surface area contributed by atoms with Gasteiger partial charge in [-0.1, -0.05) is 25.4 Å². The van der Waals surface area contributed by atoms with Crippen molar-refractivity contribution in [3.05, 3.63) is 82.9 Å². The molecule has 0 atom stereocenters. The summed E-state index contributed by atoms with van der Waals surface area (Å²) in [5.74, 6) is -1.70. The van der Waals surface area contributed by atoms with Crippen LogP contribution in [0, 0.1) is 12.8 Å². The SMILES string of the molecule is Cc1c(C(=O)O)nn(-c2ccc(Cl)cc2)c1Oc1ccc(NC(=O)C(C)C)cc1S(=O)(=O)NCc1ccco1. The van der Waals surface area contributed by atoms with E-state index in [9.17, 15) is 23.1 Å². The van der Waals surface area contributed by atoms with Crippen LogP contribution in [0.2, 0.25) is 5.02 Å². The fourth-order valence-corrected chi connectivity index (χ4v) is 4.76. The lowest BCUT2D eigenvalue weighted by molar-refractivity contribution is -0.118. The first-order chi connectivity index (χ1) is 18.5. The normalized spacial score (nSPS) is 11.5. The summed E-state index contributed by atoms with van der Waals surface area (Å²) < 4.78 is 41.8. The Morgan fingerprint density at radius 1 is 1.15 bits per heavy atom. The summed E-state index contributed by atoms with van der Waals surface area (Å²) in [6, 6.07) is 13.8. The van der Waals surface area contributed by atoms with Crippen molar-refractivity contribution in [2.24, 2.45) is 5.92 Å². The molecule has 0 aliphatic heterocycles. The first-order valence-corrected chi connectivity index (χ1v) is 13.6. The van der Waals surface area contributed by atoms with Gasteiger partial charge >= 0.3 is 5.97 Å². The molecule has 0 saturated heterocycles. The summed E-state index contributed by atoms with van der Waals surface area (Å²) in [4.78, 5) is 23.8. The van der Waals surface area contributed by atoms with Gasteiger partial charge in [-0.15, -0.1) is 0 Å². The van der Waals surface area contributed by atoms with Crippen molar-refractivity contribution in [3.63, 3.8) is 0 Å². The van der Waals surface area contributed by atoms with Crippen molar-refractivity contribution in [1.29, 1.82) is 0 Å². The maximum atomic E-state index is 13.4. The van der Waals surface area contributed by atoms with Crippen LogP contribution >= 0.6 is 11.6 Å². The van der Waals surface area contributed by atoms with E-state index in [0.29, 0.717) is 16.5 Å². The van der Waals surface area contributed by atoms with E-state index in [4.69, 9.17) is 20.8 Å². The van der Waals surface area contributed by atoms with Gasteiger partial charge in [0.15, 0.2) is 5.69 Å². The molecule has 0 saturated carbocycles. The van der Waals surface area contributed by atoms with E-state index < -0.39 is 16.0 Å². The number of aromatic carboxylic acids is 1. The minimum absolute atomic E-state index is 0.0174. The molecule has 11 nitrogen and oxygen atoms in total. The summed E-state index contributed by atoms with van der Waals surface area (Å²) in [6.45, 7) is 4.77. The zero-order valence-corrected chi connectivity index (χ0v) is 22.7. The van der Waals surface area contributed by atoms with Gasteiger partial charge in [0.25, 0.3) is 0 Å². The number of anilines is 1. The molecular formula is C26H25ClN4O7S. The number of aromatic nitrogens is 2. The number of ether oxygens (including phenoxy) is 1. The van der Waals surface area contributed by atoms with Crippen molar-refractivity contribution in [2.45, 2.75) is 32.2 Å². The highest BCUT2D eigenvalue weighted by atomic mass is 35.5. The number of furan rings is 1. The third kappa shape index (κ3) is 6.30. The van der Waals surface area contributed by atoms with Crippen LogP contribution in [-0.2, 0) is 21.4 Å². The van der Waals surface area contributed by atoms with Gasteiger partial charge < -0.3 is 19.6 Å². The standard InChI is InChI=1S/C26H25ClN4O7S/c1-15(2)24(32)29-18-8-11-21(22(13-18)39(35,36)28-14-20-5-4-12-37-20)38-25-16(3)23(26(33)34)30-31(25)19-9-6-17(27)7-10-19/h4-13,15,28H,14H2,1-3H3,(H,29,32)(H,33,34).